The molecule has 0 heterocycles. The van der Waals surface area contributed by atoms with Gasteiger partial charge in [-0.2, -0.15) is 0 Å². The summed E-state index contributed by atoms with van der Waals surface area (Å²) in [4.78, 5) is 0. The summed E-state index contributed by atoms with van der Waals surface area (Å²) in [5.74, 6) is -0.337. The van der Waals surface area contributed by atoms with Gasteiger partial charge in [0.15, 0.2) is 0 Å². The third-order valence-electron chi connectivity index (χ3n) is 3.86. The zero-order valence-corrected chi connectivity index (χ0v) is 10.8. The number of rotatable bonds is 3. The molecule has 0 fully saturated rings. The van der Waals surface area contributed by atoms with Crippen molar-refractivity contribution in [2.24, 2.45) is 0 Å². The molecule has 1 aliphatic carbocycles. The Balaban J connectivity index is 1.80. The van der Waals surface area contributed by atoms with Gasteiger partial charge in [0.25, 0.3) is 0 Å². The minimum absolute atomic E-state index is 0.337. The second-order valence-corrected chi connectivity index (χ2v) is 5.20. The van der Waals surface area contributed by atoms with Crippen molar-refractivity contribution in [1.82, 2.24) is 0 Å². The second-order valence-electron chi connectivity index (χ2n) is 5.20. The molecule has 3 rings (SSSR count). The van der Waals surface area contributed by atoms with Gasteiger partial charge in [-0.1, -0.05) is 36.4 Å². The van der Waals surface area contributed by atoms with E-state index < -0.39 is 6.10 Å². The highest BCUT2D eigenvalue weighted by molar-refractivity contribution is 5.36. The summed E-state index contributed by atoms with van der Waals surface area (Å²) in [7, 11) is 0. The van der Waals surface area contributed by atoms with Crippen molar-refractivity contribution >= 4 is 0 Å². The lowest BCUT2D eigenvalue weighted by molar-refractivity contribution is 0.173. The Bertz CT molecular complexity index is 592. The normalized spacial score (nSPS) is 15.3. The predicted octanol–water partition coefficient (Wildman–Crippen LogP) is 3.59. The molecule has 1 N–H and O–H groups in total. The summed E-state index contributed by atoms with van der Waals surface area (Å²) in [6.07, 6.45) is 3.19. The van der Waals surface area contributed by atoms with Crippen LogP contribution in [0.25, 0.3) is 0 Å². The zero-order chi connectivity index (χ0) is 13.2. The Morgan fingerprint density at radius 2 is 1.84 bits per heavy atom. The van der Waals surface area contributed by atoms with Crippen molar-refractivity contribution in [3.63, 3.8) is 0 Å². The number of aryl methyl sites for hydroxylation is 2. The highest BCUT2D eigenvalue weighted by Crippen LogP contribution is 2.26. The standard InChI is InChI=1S/C17H17FO/c18-16-7-2-1-6-15(16)17(19)11-12-8-9-13-4-3-5-14(13)10-12/h1-2,6-10,17,19H,3-5,11H2. The highest BCUT2D eigenvalue weighted by Gasteiger charge is 2.15. The summed E-state index contributed by atoms with van der Waals surface area (Å²) in [6, 6.07) is 12.8. The first-order valence-corrected chi connectivity index (χ1v) is 6.77. The van der Waals surface area contributed by atoms with Crippen molar-refractivity contribution in [3.05, 3.63) is 70.5 Å². The molecule has 0 aliphatic heterocycles. The molecule has 98 valence electrons. The number of aliphatic hydroxyl groups is 1. The van der Waals surface area contributed by atoms with Crippen LogP contribution in [0.5, 0.6) is 0 Å². The number of halogens is 1. The predicted molar refractivity (Wildman–Crippen MR) is 73.5 cm³/mol. The van der Waals surface area contributed by atoms with E-state index in [-0.39, 0.29) is 5.82 Å². The van der Waals surface area contributed by atoms with Gasteiger partial charge in [-0.3, -0.25) is 0 Å². The van der Waals surface area contributed by atoms with Gasteiger partial charge in [-0.15, -0.1) is 0 Å². The quantitative estimate of drug-likeness (QED) is 0.889. The summed E-state index contributed by atoms with van der Waals surface area (Å²) in [6.45, 7) is 0. The lowest BCUT2D eigenvalue weighted by Gasteiger charge is -2.13. The third-order valence-corrected chi connectivity index (χ3v) is 3.86. The number of benzene rings is 2. The molecule has 0 saturated carbocycles. The van der Waals surface area contributed by atoms with Crippen LogP contribution >= 0.6 is 0 Å². The van der Waals surface area contributed by atoms with Crippen LogP contribution in [0.3, 0.4) is 0 Å². The number of hydrogen-bond donors (Lipinski definition) is 1. The van der Waals surface area contributed by atoms with Crippen LogP contribution < -0.4 is 0 Å². The fourth-order valence-electron chi connectivity index (χ4n) is 2.83. The molecular formula is C17H17FO. The monoisotopic (exact) mass is 256 g/mol. The smallest absolute Gasteiger partial charge is 0.129 e. The summed E-state index contributed by atoms with van der Waals surface area (Å²) in [5, 5.41) is 10.2. The molecule has 0 aromatic heterocycles. The number of aliphatic hydroxyl groups excluding tert-OH is 1. The Morgan fingerprint density at radius 3 is 2.68 bits per heavy atom. The fourth-order valence-corrected chi connectivity index (χ4v) is 2.83. The SMILES string of the molecule is OC(Cc1ccc2c(c1)CCC2)c1ccccc1F. The maximum absolute atomic E-state index is 13.6. The van der Waals surface area contributed by atoms with E-state index in [2.05, 4.69) is 12.1 Å². The van der Waals surface area contributed by atoms with E-state index in [4.69, 9.17) is 0 Å². The minimum atomic E-state index is -0.777. The van der Waals surface area contributed by atoms with E-state index in [0.717, 1.165) is 18.4 Å². The van der Waals surface area contributed by atoms with Crippen molar-refractivity contribution in [3.8, 4) is 0 Å². The fraction of sp³-hybridized carbons (Fsp3) is 0.294. The van der Waals surface area contributed by atoms with E-state index in [9.17, 15) is 9.50 Å². The van der Waals surface area contributed by atoms with Gasteiger partial charge in [-0.05, 0) is 42.0 Å². The van der Waals surface area contributed by atoms with Gasteiger partial charge in [-0.25, -0.2) is 4.39 Å². The van der Waals surface area contributed by atoms with Gasteiger partial charge >= 0.3 is 0 Å². The first-order chi connectivity index (χ1) is 9.24. The molecule has 1 atom stereocenters. The van der Waals surface area contributed by atoms with Gasteiger partial charge in [0.1, 0.15) is 5.82 Å². The molecule has 0 saturated heterocycles. The van der Waals surface area contributed by atoms with E-state index in [1.165, 1.54) is 23.6 Å². The Hall–Kier alpha value is -1.67. The van der Waals surface area contributed by atoms with Crippen molar-refractivity contribution in [1.29, 1.82) is 0 Å². The molecule has 1 aliphatic rings. The maximum Gasteiger partial charge on any atom is 0.129 e. The summed E-state index contributed by atoms with van der Waals surface area (Å²) in [5.41, 5.74) is 4.27. The van der Waals surface area contributed by atoms with Crippen LogP contribution in [0.2, 0.25) is 0 Å². The van der Waals surface area contributed by atoms with Crippen molar-refractivity contribution in [2.45, 2.75) is 31.8 Å². The van der Waals surface area contributed by atoms with E-state index in [0.29, 0.717) is 12.0 Å². The third kappa shape index (κ3) is 2.54. The van der Waals surface area contributed by atoms with E-state index >= 15 is 0 Å². The minimum Gasteiger partial charge on any atom is -0.388 e. The van der Waals surface area contributed by atoms with Gasteiger partial charge in [0.05, 0.1) is 6.10 Å². The first kappa shape index (κ1) is 12.4. The van der Waals surface area contributed by atoms with E-state index in [1.807, 2.05) is 6.07 Å². The number of fused-ring (bicyclic) bond motifs is 1. The van der Waals surface area contributed by atoms with Crippen LogP contribution in [0.4, 0.5) is 4.39 Å². The summed E-state index contributed by atoms with van der Waals surface area (Å²) < 4.78 is 13.6. The summed E-state index contributed by atoms with van der Waals surface area (Å²) >= 11 is 0. The lowest BCUT2D eigenvalue weighted by atomic mass is 9.98. The molecule has 0 bridgehead atoms. The Kier molecular flexibility index (Phi) is 3.34. The van der Waals surface area contributed by atoms with E-state index in [1.54, 1.807) is 18.2 Å². The maximum atomic E-state index is 13.6. The van der Waals surface area contributed by atoms with Gasteiger partial charge < -0.3 is 5.11 Å². The Labute approximate surface area is 112 Å². The van der Waals surface area contributed by atoms with Crippen molar-refractivity contribution in [2.75, 3.05) is 0 Å². The number of hydrogen-bond acceptors (Lipinski definition) is 1. The zero-order valence-electron chi connectivity index (χ0n) is 10.8. The molecule has 2 heteroatoms. The molecule has 1 unspecified atom stereocenters. The van der Waals surface area contributed by atoms with Crippen LogP contribution in [-0.4, -0.2) is 5.11 Å². The Morgan fingerprint density at radius 1 is 1.05 bits per heavy atom. The van der Waals surface area contributed by atoms with Crippen LogP contribution in [0.1, 0.15) is 34.8 Å². The molecule has 0 amide bonds. The molecule has 0 radical (unpaired) electrons. The highest BCUT2D eigenvalue weighted by atomic mass is 19.1. The molecule has 19 heavy (non-hydrogen) atoms. The largest absolute Gasteiger partial charge is 0.388 e. The van der Waals surface area contributed by atoms with Gasteiger partial charge in [0.2, 0.25) is 0 Å². The van der Waals surface area contributed by atoms with Crippen LogP contribution in [0, 0.1) is 5.82 Å². The van der Waals surface area contributed by atoms with Crippen LogP contribution in [0.15, 0.2) is 42.5 Å². The van der Waals surface area contributed by atoms with Crippen molar-refractivity contribution < 1.29 is 9.50 Å². The molecule has 2 aromatic carbocycles. The molecule has 0 spiro atoms. The molecule has 1 nitrogen and oxygen atoms in total. The van der Waals surface area contributed by atoms with Crippen LogP contribution in [-0.2, 0) is 19.3 Å². The molecule has 2 aromatic rings. The molecular weight excluding hydrogens is 239 g/mol. The second kappa shape index (κ2) is 5.14. The lowest BCUT2D eigenvalue weighted by Crippen LogP contribution is -2.04. The van der Waals surface area contributed by atoms with Gasteiger partial charge in [0, 0.05) is 12.0 Å². The average Bonchev–Trinajstić information content (AvgIpc) is 2.86. The average molecular weight is 256 g/mol. The topological polar surface area (TPSA) is 20.2 Å². The first-order valence-electron chi connectivity index (χ1n) is 6.77.